The highest BCUT2D eigenvalue weighted by molar-refractivity contribution is 5.83. The van der Waals surface area contributed by atoms with E-state index >= 15 is 0 Å². The molecule has 2 heterocycles. The lowest BCUT2D eigenvalue weighted by molar-refractivity contribution is -0.132. The molecular formula is C20H24N2O2. The SMILES string of the molecule is CCCCC1C=CCN1C(=O)Cn1c(C)cc(=O)c2ccccc21. The van der Waals surface area contributed by atoms with Gasteiger partial charge in [-0.25, -0.2) is 0 Å². The second-order valence-electron chi connectivity index (χ2n) is 6.44. The number of amides is 1. The molecule has 0 saturated carbocycles. The first-order chi connectivity index (χ1) is 11.6. The Hall–Kier alpha value is -2.36. The first-order valence-electron chi connectivity index (χ1n) is 8.67. The summed E-state index contributed by atoms with van der Waals surface area (Å²) in [5, 5.41) is 0.665. The quantitative estimate of drug-likeness (QED) is 0.792. The van der Waals surface area contributed by atoms with Crippen LogP contribution in [-0.4, -0.2) is 28.0 Å². The summed E-state index contributed by atoms with van der Waals surface area (Å²) in [5.74, 6) is 0.109. The minimum atomic E-state index is 0.00969. The summed E-state index contributed by atoms with van der Waals surface area (Å²) in [6.45, 7) is 5.01. The average Bonchev–Trinajstić information content (AvgIpc) is 3.05. The number of aryl methyl sites for hydroxylation is 1. The highest BCUT2D eigenvalue weighted by Gasteiger charge is 2.24. The van der Waals surface area contributed by atoms with Crippen LogP contribution < -0.4 is 5.43 Å². The number of nitrogens with zero attached hydrogens (tertiary/aromatic N) is 2. The molecule has 1 unspecified atom stereocenters. The lowest BCUT2D eigenvalue weighted by Gasteiger charge is -2.26. The fourth-order valence-corrected chi connectivity index (χ4v) is 3.41. The van der Waals surface area contributed by atoms with E-state index in [1.807, 2.05) is 40.7 Å². The third kappa shape index (κ3) is 3.14. The molecule has 1 aliphatic heterocycles. The van der Waals surface area contributed by atoms with E-state index in [9.17, 15) is 9.59 Å². The van der Waals surface area contributed by atoms with Crippen LogP contribution in [0.2, 0.25) is 0 Å². The third-order valence-electron chi connectivity index (χ3n) is 4.75. The summed E-state index contributed by atoms with van der Waals surface area (Å²) in [5.41, 5.74) is 1.66. The molecular weight excluding hydrogens is 300 g/mol. The number of para-hydroxylation sites is 1. The molecule has 24 heavy (non-hydrogen) atoms. The number of pyridine rings is 1. The predicted octanol–water partition coefficient (Wildman–Crippen LogP) is 3.27. The van der Waals surface area contributed by atoms with Gasteiger partial charge in [0.1, 0.15) is 6.54 Å². The molecule has 3 rings (SSSR count). The van der Waals surface area contributed by atoms with Crippen molar-refractivity contribution in [1.82, 2.24) is 9.47 Å². The minimum absolute atomic E-state index is 0.00969. The summed E-state index contributed by atoms with van der Waals surface area (Å²) in [4.78, 5) is 26.9. The molecule has 1 aliphatic rings. The van der Waals surface area contributed by atoms with Crippen LogP contribution in [0.25, 0.3) is 10.9 Å². The van der Waals surface area contributed by atoms with E-state index in [-0.39, 0.29) is 23.9 Å². The van der Waals surface area contributed by atoms with Gasteiger partial charge >= 0.3 is 0 Å². The number of unbranched alkanes of at least 4 members (excludes halogenated alkanes) is 1. The molecule has 1 atom stereocenters. The Balaban J connectivity index is 1.87. The average molecular weight is 324 g/mol. The van der Waals surface area contributed by atoms with Gasteiger partial charge in [-0.1, -0.05) is 44.1 Å². The van der Waals surface area contributed by atoms with Crippen LogP contribution in [0.3, 0.4) is 0 Å². The normalized spacial score (nSPS) is 16.9. The number of carbonyl (C=O) groups excluding carboxylic acids is 1. The fraction of sp³-hybridized carbons (Fsp3) is 0.400. The van der Waals surface area contributed by atoms with Gasteiger partial charge in [0.05, 0.1) is 11.6 Å². The van der Waals surface area contributed by atoms with E-state index in [1.54, 1.807) is 6.07 Å². The van der Waals surface area contributed by atoms with E-state index in [1.165, 1.54) is 0 Å². The molecule has 0 aliphatic carbocycles. The summed E-state index contributed by atoms with van der Waals surface area (Å²) in [7, 11) is 0. The molecule has 2 aromatic rings. The molecule has 0 fully saturated rings. The van der Waals surface area contributed by atoms with Crippen molar-refractivity contribution in [3.05, 3.63) is 58.4 Å². The van der Waals surface area contributed by atoms with Crippen LogP contribution in [-0.2, 0) is 11.3 Å². The van der Waals surface area contributed by atoms with Crippen molar-refractivity contribution in [3.63, 3.8) is 0 Å². The molecule has 0 spiro atoms. The van der Waals surface area contributed by atoms with Crippen molar-refractivity contribution < 1.29 is 4.79 Å². The molecule has 1 amide bonds. The predicted molar refractivity (Wildman–Crippen MR) is 97.1 cm³/mol. The molecule has 1 aromatic heterocycles. The van der Waals surface area contributed by atoms with E-state index in [2.05, 4.69) is 19.1 Å². The van der Waals surface area contributed by atoms with E-state index in [0.717, 1.165) is 30.5 Å². The smallest absolute Gasteiger partial charge is 0.243 e. The van der Waals surface area contributed by atoms with Crippen LogP contribution in [0.4, 0.5) is 0 Å². The van der Waals surface area contributed by atoms with Crippen molar-refractivity contribution in [2.24, 2.45) is 0 Å². The van der Waals surface area contributed by atoms with Gasteiger partial charge in [-0.15, -0.1) is 0 Å². The standard InChI is InChI=1S/C20H24N2O2/c1-3-4-8-16-9-7-12-21(16)20(24)14-22-15(2)13-19(23)17-10-5-6-11-18(17)22/h5-7,9-11,13,16H,3-4,8,12,14H2,1-2H3. The van der Waals surface area contributed by atoms with Gasteiger partial charge < -0.3 is 9.47 Å². The maximum atomic E-state index is 12.9. The highest BCUT2D eigenvalue weighted by atomic mass is 16.2. The second-order valence-corrected chi connectivity index (χ2v) is 6.44. The molecule has 0 saturated heterocycles. The van der Waals surface area contributed by atoms with E-state index < -0.39 is 0 Å². The lowest BCUT2D eigenvalue weighted by atomic mass is 10.1. The maximum Gasteiger partial charge on any atom is 0.243 e. The van der Waals surface area contributed by atoms with Crippen molar-refractivity contribution in [2.45, 2.75) is 45.7 Å². The van der Waals surface area contributed by atoms with Crippen molar-refractivity contribution in [2.75, 3.05) is 6.54 Å². The van der Waals surface area contributed by atoms with Gasteiger partial charge in [-0.3, -0.25) is 9.59 Å². The van der Waals surface area contributed by atoms with Crippen molar-refractivity contribution >= 4 is 16.8 Å². The monoisotopic (exact) mass is 324 g/mol. The number of carbonyl (C=O) groups is 1. The van der Waals surface area contributed by atoms with Gasteiger partial charge in [0.25, 0.3) is 0 Å². The lowest BCUT2D eigenvalue weighted by Crippen LogP contribution is -2.38. The largest absolute Gasteiger partial charge is 0.335 e. The number of rotatable bonds is 5. The van der Waals surface area contributed by atoms with Gasteiger partial charge in [0, 0.05) is 23.7 Å². The molecule has 0 N–H and O–H groups in total. The minimum Gasteiger partial charge on any atom is -0.335 e. The first-order valence-corrected chi connectivity index (χ1v) is 8.67. The van der Waals surface area contributed by atoms with E-state index in [0.29, 0.717) is 11.9 Å². The van der Waals surface area contributed by atoms with Crippen LogP contribution in [0, 0.1) is 6.92 Å². The van der Waals surface area contributed by atoms with Gasteiger partial charge in [-0.05, 0) is 25.5 Å². The number of benzene rings is 1. The Morgan fingerprint density at radius 1 is 1.29 bits per heavy atom. The number of aromatic nitrogens is 1. The molecule has 4 heteroatoms. The second kappa shape index (κ2) is 7.04. The Bertz CT molecular complexity index is 835. The topological polar surface area (TPSA) is 42.3 Å². The summed E-state index contributed by atoms with van der Waals surface area (Å²) < 4.78 is 1.95. The van der Waals surface area contributed by atoms with Gasteiger partial charge in [-0.2, -0.15) is 0 Å². The highest BCUT2D eigenvalue weighted by Crippen LogP contribution is 2.18. The molecule has 4 nitrogen and oxygen atoms in total. The Kier molecular flexibility index (Phi) is 4.84. The Morgan fingerprint density at radius 3 is 2.88 bits per heavy atom. The molecule has 0 bridgehead atoms. The van der Waals surface area contributed by atoms with Crippen LogP contribution in [0.1, 0.15) is 31.9 Å². The zero-order valence-corrected chi connectivity index (χ0v) is 14.4. The zero-order chi connectivity index (χ0) is 17.1. The number of fused-ring (bicyclic) bond motifs is 1. The fourth-order valence-electron chi connectivity index (χ4n) is 3.41. The van der Waals surface area contributed by atoms with Crippen LogP contribution in [0.5, 0.6) is 0 Å². The summed E-state index contributed by atoms with van der Waals surface area (Å²) in [6.07, 6.45) is 7.50. The van der Waals surface area contributed by atoms with Crippen molar-refractivity contribution in [1.29, 1.82) is 0 Å². The van der Waals surface area contributed by atoms with E-state index in [4.69, 9.17) is 0 Å². The molecule has 0 radical (unpaired) electrons. The number of hydrogen-bond acceptors (Lipinski definition) is 2. The summed E-state index contributed by atoms with van der Waals surface area (Å²) in [6, 6.07) is 9.32. The Morgan fingerprint density at radius 2 is 2.08 bits per heavy atom. The summed E-state index contributed by atoms with van der Waals surface area (Å²) >= 11 is 0. The molecule has 1 aromatic carbocycles. The van der Waals surface area contributed by atoms with Gasteiger partial charge in [0.15, 0.2) is 5.43 Å². The van der Waals surface area contributed by atoms with Crippen LogP contribution >= 0.6 is 0 Å². The van der Waals surface area contributed by atoms with Crippen LogP contribution in [0.15, 0.2) is 47.3 Å². The Labute approximate surface area is 142 Å². The number of hydrogen-bond donors (Lipinski definition) is 0. The third-order valence-corrected chi connectivity index (χ3v) is 4.75. The van der Waals surface area contributed by atoms with Crippen molar-refractivity contribution in [3.8, 4) is 0 Å². The first kappa shape index (κ1) is 16.5. The molecule has 126 valence electrons. The van der Waals surface area contributed by atoms with Gasteiger partial charge in [0.2, 0.25) is 5.91 Å². The maximum absolute atomic E-state index is 12.9. The zero-order valence-electron chi connectivity index (χ0n) is 14.4.